The molecule has 5 nitrogen and oxygen atoms in total. The Labute approximate surface area is 139 Å². The number of amides is 1. The van der Waals surface area contributed by atoms with E-state index in [9.17, 15) is 13.2 Å². The first-order valence-electron chi connectivity index (χ1n) is 7.28. The van der Waals surface area contributed by atoms with Crippen LogP contribution >= 0.6 is 11.3 Å². The van der Waals surface area contributed by atoms with Crippen LogP contribution in [-0.2, 0) is 21.2 Å². The molecule has 1 fully saturated rings. The molecule has 1 aliphatic heterocycles. The Bertz CT molecular complexity index is 776. The number of carbonyl (C=O) groups is 1. The van der Waals surface area contributed by atoms with Gasteiger partial charge in [-0.25, -0.2) is 8.42 Å². The molecule has 122 valence electrons. The zero-order chi connectivity index (χ0) is 16.3. The van der Waals surface area contributed by atoms with E-state index in [0.717, 1.165) is 4.88 Å². The number of thiophene rings is 1. The molecule has 0 aliphatic carbocycles. The van der Waals surface area contributed by atoms with Gasteiger partial charge in [-0.15, -0.1) is 11.3 Å². The van der Waals surface area contributed by atoms with E-state index in [0.29, 0.717) is 18.7 Å². The SMILES string of the molecule is O=C(/C=C/c1ccco1)N(Cc1cccs1)[C@H]1CCS(=O)(=O)C1. The molecule has 1 amide bonds. The molecule has 23 heavy (non-hydrogen) atoms. The van der Waals surface area contributed by atoms with Gasteiger partial charge in [-0.3, -0.25) is 4.79 Å². The molecule has 2 aromatic rings. The summed E-state index contributed by atoms with van der Waals surface area (Å²) < 4.78 is 28.7. The van der Waals surface area contributed by atoms with Crippen molar-refractivity contribution in [3.8, 4) is 0 Å². The number of rotatable bonds is 5. The fourth-order valence-corrected chi connectivity index (χ4v) is 5.05. The lowest BCUT2D eigenvalue weighted by atomic mass is 10.2. The molecule has 0 aromatic carbocycles. The first kappa shape index (κ1) is 16.0. The first-order valence-corrected chi connectivity index (χ1v) is 9.98. The van der Waals surface area contributed by atoms with Gasteiger partial charge in [-0.2, -0.15) is 0 Å². The van der Waals surface area contributed by atoms with E-state index in [-0.39, 0.29) is 23.5 Å². The van der Waals surface area contributed by atoms with Crippen LogP contribution in [0.5, 0.6) is 0 Å². The Morgan fingerprint density at radius 1 is 1.39 bits per heavy atom. The zero-order valence-corrected chi connectivity index (χ0v) is 14.1. The maximum absolute atomic E-state index is 12.6. The van der Waals surface area contributed by atoms with E-state index < -0.39 is 9.84 Å². The molecule has 0 saturated carbocycles. The van der Waals surface area contributed by atoms with Crippen LogP contribution in [0.3, 0.4) is 0 Å². The lowest BCUT2D eigenvalue weighted by molar-refractivity contribution is -0.128. The highest BCUT2D eigenvalue weighted by Gasteiger charge is 2.34. The third-order valence-corrected chi connectivity index (χ3v) is 6.38. The van der Waals surface area contributed by atoms with Gasteiger partial charge in [0.25, 0.3) is 0 Å². The minimum absolute atomic E-state index is 0.0404. The highest BCUT2D eigenvalue weighted by atomic mass is 32.2. The second-order valence-corrected chi connectivity index (χ2v) is 8.71. The molecular weight excluding hydrogens is 334 g/mol. The van der Waals surface area contributed by atoms with Crippen LogP contribution in [-0.4, -0.2) is 36.8 Å². The predicted molar refractivity (Wildman–Crippen MR) is 89.7 cm³/mol. The molecule has 2 aromatic heterocycles. The quantitative estimate of drug-likeness (QED) is 0.777. The van der Waals surface area contributed by atoms with Crippen LogP contribution in [0, 0.1) is 0 Å². The highest BCUT2D eigenvalue weighted by Crippen LogP contribution is 2.22. The van der Waals surface area contributed by atoms with Crippen molar-refractivity contribution in [3.63, 3.8) is 0 Å². The molecule has 3 heterocycles. The van der Waals surface area contributed by atoms with Gasteiger partial charge >= 0.3 is 0 Å². The summed E-state index contributed by atoms with van der Waals surface area (Å²) in [5.74, 6) is 0.581. The van der Waals surface area contributed by atoms with Crippen LogP contribution in [0.15, 0.2) is 46.4 Å². The molecule has 3 rings (SSSR count). The van der Waals surface area contributed by atoms with Gasteiger partial charge in [0.2, 0.25) is 5.91 Å². The Morgan fingerprint density at radius 3 is 2.87 bits per heavy atom. The fourth-order valence-electron chi connectivity index (χ4n) is 2.61. The molecule has 0 radical (unpaired) electrons. The number of hydrogen-bond acceptors (Lipinski definition) is 5. The molecule has 7 heteroatoms. The summed E-state index contributed by atoms with van der Waals surface area (Å²) >= 11 is 1.56. The molecule has 0 bridgehead atoms. The molecule has 1 aliphatic rings. The van der Waals surface area contributed by atoms with Crippen molar-refractivity contribution in [2.45, 2.75) is 19.0 Å². The van der Waals surface area contributed by atoms with Crippen LogP contribution in [0.25, 0.3) is 6.08 Å². The number of nitrogens with zero attached hydrogens (tertiary/aromatic N) is 1. The van der Waals surface area contributed by atoms with Crippen molar-refractivity contribution in [2.24, 2.45) is 0 Å². The van der Waals surface area contributed by atoms with E-state index in [4.69, 9.17) is 4.42 Å². The maximum Gasteiger partial charge on any atom is 0.247 e. The highest BCUT2D eigenvalue weighted by molar-refractivity contribution is 7.91. The van der Waals surface area contributed by atoms with Gasteiger partial charge in [0, 0.05) is 17.0 Å². The lowest BCUT2D eigenvalue weighted by Crippen LogP contribution is -2.39. The first-order chi connectivity index (χ1) is 11.0. The molecule has 1 saturated heterocycles. The summed E-state index contributed by atoms with van der Waals surface area (Å²) in [4.78, 5) is 15.3. The lowest BCUT2D eigenvalue weighted by Gasteiger charge is -2.26. The van der Waals surface area contributed by atoms with Crippen LogP contribution < -0.4 is 0 Å². The molecule has 0 unspecified atom stereocenters. The topological polar surface area (TPSA) is 67.6 Å². The van der Waals surface area contributed by atoms with Gasteiger partial charge < -0.3 is 9.32 Å². The standard InChI is InChI=1S/C16H17NO4S2/c18-16(6-5-14-3-1-8-21-14)17(11-15-4-2-9-22-15)13-7-10-23(19,20)12-13/h1-6,8-9,13H,7,10-12H2/b6-5+/t13-/m0/s1. The zero-order valence-electron chi connectivity index (χ0n) is 12.4. The summed E-state index contributed by atoms with van der Waals surface area (Å²) in [6.07, 6.45) is 5.08. The van der Waals surface area contributed by atoms with E-state index in [1.807, 2.05) is 17.5 Å². The van der Waals surface area contributed by atoms with Crippen molar-refractivity contribution >= 4 is 33.2 Å². The predicted octanol–water partition coefficient (Wildman–Crippen LogP) is 2.57. The maximum atomic E-state index is 12.6. The van der Waals surface area contributed by atoms with Crippen molar-refractivity contribution in [2.75, 3.05) is 11.5 Å². The van der Waals surface area contributed by atoms with Crippen LogP contribution in [0.4, 0.5) is 0 Å². The van der Waals surface area contributed by atoms with E-state index >= 15 is 0 Å². The van der Waals surface area contributed by atoms with E-state index in [1.54, 1.807) is 34.4 Å². The number of carbonyl (C=O) groups excluding carboxylic acids is 1. The largest absolute Gasteiger partial charge is 0.465 e. The smallest absolute Gasteiger partial charge is 0.247 e. The Balaban J connectivity index is 1.78. The Hall–Kier alpha value is -1.86. The second kappa shape index (κ2) is 6.72. The minimum Gasteiger partial charge on any atom is -0.465 e. The summed E-state index contributed by atoms with van der Waals surface area (Å²) in [6, 6.07) is 7.11. The third-order valence-electron chi connectivity index (χ3n) is 3.77. The van der Waals surface area contributed by atoms with E-state index in [1.165, 1.54) is 12.3 Å². The van der Waals surface area contributed by atoms with E-state index in [2.05, 4.69) is 0 Å². The van der Waals surface area contributed by atoms with Crippen molar-refractivity contribution < 1.29 is 17.6 Å². The molecule has 0 spiro atoms. The minimum atomic E-state index is -3.04. The summed E-state index contributed by atoms with van der Waals surface area (Å²) in [7, 11) is -3.04. The van der Waals surface area contributed by atoms with Gasteiger partial charge in [0.05, 0.1) is 24.3 Å². The average molecular weight is 351 g/mol. The summed E-state index contributed by atoms with van der Waals surface area (Å²) in [5, 5.41) is 1.95. The van der Waals surface area contributed by atoms with Gasteiger partial charge in [0.15, 0.2) is 9.84 Å². The number of sulfone groups is 1. The number of hydrogen-bond donors (Lipinski definition) is 0. The van der Waals surface area contributed by atoms with Gasteiger partial charge in [-0.05, 0) is 36.1 Å². The van der Waals surface area contributed by atoms with Crippen molar-refractivity contribution in [3.05, 3.63) is 52.6 Å². The number of furan rings is 1. The second-order valence-electron chi connectivity index (χ2n) is 5.45. The monoisotopic (exact) mass is 351 g/mol. The average Bonchev–Trinajstić information content (AvgIpc) is 3.24. The summed E-state index contributed by atoms with van der Waals surface area (Å²) in [5.41, 5.74) is 0. The van der Waals surface area contributed by atoms with Crippen molar-refractivity contribution in [1.29, 1.82) is 0 Å². The molecule has 1 atom stereocenters. The van der Waals surface area contributed by atoms with Crippen LogP contribution in [0.2, 0.25) is 0 Å². The van der Waals surface area contributed by atoms with Gasteiger partial charge in [-0.1, -0.05) is 6.07 Å². The summed E-state index contributed by atoms with van der Waals surface area (Å²) in [6.45, 7) is 0.430. The molecule has 0 N–H and O–H groups in total. The fraction of sp³-hybridized carbons (Fsp3) is 0.312. The van der Waals surface area contributed by atoms with Gasteiger partial charge in [0.1, 0.15) is 5.76 Å². The third kappa shape index (κ3) is 4.11. The molecular formula is C16H17NO4S2. The van der Waals surface area contributed by atoms with Crippen molar-refractivity contribution in [1.82, 2.24) is 4.90 Å². The van der Waals surface area contributed by atoms with Crippen LogP contribution in [0.1, 0.15) is 17.1 Å². The Morgan fingerprint density at radius 2 is 2.26 bits per heavy atom. The normalized spacial score (nSPS) is 20.1. The Kier molecular flexibility index (Phi) is 4.68.